The van der Waals surface area contributed by atoms with E-state index in [-0.39, 0.29) is 32.8 Å². The molecule has 0 heterocycles. The standard InChI is InChI=1S/C36H62O4SSi2/c1-33(2,3)42(11,12)39-35(7,8)25-23-29-15-19-31(20-16-29)27-41(37,38)28-32-21-17-30(18-22-32)24-26-36(9,10)40-43(13,14)34(4,5)6/h15-22H,23-28H2,1-14H3. The van der Waals surface area contributed by atoms with Crippen molar-refractivity contribution in [1.29, 1.82) is 0 Å². The molecule has 0 N–H and O–H groups in total. The Labute approximate surface area is 267 Å². The average Bonchev–Trinajstić information content (AvgIpc) is 2.80. The molecular weight excluding hydrogens is 585 g/mol. The first-order valence-corrected chi connectivity index (χ1v) is 23.6. The molecule has 244 valence electrons. The van der Waals surface area contributed by atoms with E-state index in [1.165, 1.54) is 11.1 Å². The zero-order valence-electron chi connectivity index (χ0n) is 29.9. The molecule has 0 radical (unpaired) electrons. The van der Waals surface area contributed by atoms with Gasteiger partial charge in [-0.15, -0.1) is 0 Å². The van der Waals surface area contributed by atoms with Gasteiger partial charge >= 0.3 is 0 Å². The summed E-state index contributed by atoms with van der Waals surface area (Å²) >= 11 is 0. The van der Waals surface area contributed by atoms with Crippen LogP contribution in [0.4, 0.5) is 0 Å². The lowest BCUT2D eigenvalue weighted by Crippen LogP contribution is -2.47. The van der Waals surface area contributed by atoms with E-state index >= 15 is 0 Å². The van der Waals surface area contributed by atoms with Crippen molar-refractivity contribution in [2.24, 2.45) is 0 Å². The molecule has 0 aliphatic heterocycles. The Morgan fingerprint density at radius 1 is 0.512 bits per heavy atom. The maximum absolute atomic E-state index is 13.1. The number of hydrogen-bond donors (Lipinski definition) is 0. The van der Waals surface area contributed by atoms with Crippen LogP contribution >= 0.6 is 0 Å². The second-order valence-corrected chi connectivity index (χ2v) is 28.4. The number of aryl methyl sites for hydroxylation is 2. The summed E-state index contributed by atoms with van der Waals surface area (Å²) in [5.41, 5.74) is 3.69. The van der Waals surface area contributed by atoms with E-state index in [2.05, 4.69) is 120 Å². The van der Waals surface area contributed by atoms with Crippen molar-refractivity contribution in [3.63, 3.8) is 0 Å². The topological polar surface area (TPSA) is 52.6 Å². The van der Waals surface area contributed by atoms with Crippen molar-refractivity contribution in [3.05, 3.63) is 70.8 Å². The second kappa shape index (κ2) is 13.6. The van der Waals surface area contributed by atoms with Gasteiger partial charge in [0.05, 0.1) is 22.7 Å². The summed E-state index contributed by atoms with van der Waals surface area (Å²) in [6.45, 7) is 31.6. The highest BCUT2D eigenvalue weighted by Gasteiger charge is 2.42. The van der Waals surface area contributed by atoms with Crippen molar-refractivity contribution in [3.8, 4) is 0 Å². The van der Waals surface area contributed by atoms with E-state index in [4.69, 9.17) is 8.85 Å². The van der Waals surface area contributed by atoms with Gasteiger partial charge in [-0.05, 0) is 112 Å². The van der Waals surface area contributed by atoms with E-state index in [9.17, 15) is 8.42 Å². The molecule has 0 amide bonds. The molecule has 0 bridgehead atoms. The minimum atomic E-state index is -3.28. The van der Waals surface area contributed by atoms with Crippen molar-refractivity contribution in [2.45, 2.75) is 154 Å². The van der Waals surface area contributed by atoms with E-state index in [1.54, 1.807) is 0 Å². The van der Waals surface area contributed by atoms with Crippen molar-refractivity contribution in [1.82, 2.24) is 0 Å². The normalized spacial score (nSPS) is 14.3. The minimum absolute atomic E-state index is 0.0496. The van der Waals surface area contributed by atoms with Gasteiger partial charge in [-0.3, -0.25) is 0 Å². The summed E-state index contributed by atoms with van der Waals surface area (Å²) in [5.74, 6) is 0.0992. The van der Waals surface area contributed by atoms with Crippen LogP contribution in [-0.2, 0) is 43.0 Å². The molecule has 2 aromatic rings. The number of benzene rings is 2. The van der Waals surface area contributed by atoms with E-state index in [0.717, 1.165) is 36.8 Å². The molecule has 0 saturated carbocycles. The van der Waals surface area contributed by atoms with Crippen molar-refractivity contribution in [2.75, 3.05) is 0 Å². The Morgan fingerprint density at radius 3 is 1.02 bits per heavy atom. The summed E-state index contributed by atoms with van der Waals surface area (Å²) in [4.78, 5) is 0. The van der Waals surface area contributed by atoms with Crippen LogP contribution in [0.3, 0.4) is 0 Å². The van der Waals surface area contributed by atoms with Crippen LogP contribution < -0.4 is 0 Å². The molecular formula is C36H62O4SSi2. The van der Waals surface area contributed by atoms with Crippen LogP contribution in [0, 0.1) is 0 Å². The Morgan fingerprint density at radius 2 is 0.767 bits per heavy atom. The fourth-order valence-electron chi connectivity index (χ4n) is 4.84. The highest BCUT2D eigenvalue weighted by Crippen LogP contribution is 2.41. The van der Waals surface area contributed by atoms with Gasteiger partial charge in [0.25, 0.3) is 0 Å². The summed E-state index contributed by atoms with van der Waals surface area (Å²) < 4.78 is 39.5. The zero-order valence-corrected chi connectivity index (χ0v) is 32.7. The average molecular weight is 647 g/mol. The maximum atomic E-state index is 13.1. The summed E-state index contributed by atoms with van der Waals surface area (Å²) in [6, 6.07) is 16.1. The lowest BCUT2D eigenvalue weighted by atomic mass is 9.98. The van der Waals surface area contributed by atoms with E-state index in [0.29, 0.717) is 0 Å². The fourth-order valence-corrected chi connectivity index (χ4v) is 9.93. The van der Waals surface area contributed by atoms with Crippen LogP contribution in [0.1, 0.15) is 104 Å². The maximum Gasteiger partial charge on any atom is 0.192 e. The van der Waals surface area contributed by atoms with Crippen LogP contribution in [0.25, 0.3) is 0 Å². The largest absolute Gasteiger partial charge is 0.412 e. The molecule has 43 heavy (non-hydrogen) atoms. The van der Waals surface area contributed by atoms with Crippen LogP contribution in [0.5, 0.6) is 0 Å². The van der Waals surface area contributed by atoms with Gasteiger partial charge in [0.15, 0.2) is 26.5 Å². The highest BCUT2D eigenvalue weighted by molar-refractivity contribution is 7.89. The summed E-state index contributed by atoms with van der Waals surface area (Å²) in [5, 5.41) is 0.354. The van der Waals surface area contributed by atoms with Gasteiger partial charge in [-0.2, -0.15) is 0 Å². The minimum Gasteiger partial charge on any atom is -0.412 e. The van der Waals surface area contributed by atoms with Crippen molar-refractivity contribution < 1.29 is 17.3 Å². The molecule has 2 rings (SSSR count). The molecule has 2 aromatic carbocycles. The third kappa shape index (κ3) is 12.2. The third-order valence-electron chi connectivity index (χ3n) is 9.53. The monoisotopic (exact) mass is 646 g/mol. The predicted octanol–water partition coefficient (Wildman–Crippen LogP) is 10.3. The van der Waals surface area contributed by atoms with Gasteiger partial charge in [-0.25, -0.2) is 8.42 Å². The second-order valence-electron chi connectivity index (χ2n) is 16.9. The Balaban J connectivity index is 1.92. The highest BCUT2D eigenvalue weighted by atomic mass is 32.2. The molecule has 0 spiro atoms. The van der Waals surface area contributed by atoms with E-state index in [1.807, 2.05) is 24.3 Å². The van der Waals surface area contributed by atoms with Gasteiger partial charge in [0.2, 0.25) is 0 Å². The molecule has 0 aromatic heterocycles. The fraction of sp³-hybridized carbons (Fsp3) is 0.667. The molecule has 0 aliphatic rings. The number of sulfone groups is 1. The SMILES string of the molecule is CC(C)(CCc1ccc(CS(=O)(=O)Cc2ccc(CCC(C)(C)O[Si](C)(C)C(C)(C)C)cc2)cc1)O[Si](C)(C)C(C)(C)C. The molecule has 4 nitrogen and oxygen atoms in total. The first-order chi connectivity index (χ1) is 19.2. The van der Waals surface area contributed by atoms with Gasteiger partial charge in [0.1, 0.15) is 0 Å². The third-order valence-corrected chi connectivity index (χ3v) is 20.4. The molecule has 0 aliphatic carbocycles. The van der Waals surface area contributed by atoms with Gasteiger partial charge in [0, 0.05) is 0 Å². The summed E-state index contributed by atoms with van der Waals surface area (Å²) in [6.07, 6.45) is 3.66. The van der Waals surface area contributed by atoms with Crippen LogP contribution in [0.15, 0.2) is 48.5 Å². The quantitative estimate of drug-likeness (QED) is 0.192. The molecule has 0 fully saturated rings. The number of rotatable bonds is 14. The number of hydrogen-bond acceptors (Lipinski definition) is 4. The lowest BCUT2D eigenvalue weighted by molar-refractivity contribution is 0.0822. The molecule has 0 atom stereocenters. The van der Waals surface area contributed by atoms with Gasteiger partial charge in [-0.1, -0.05) is 90.1 Å². The molecule has 0 unspecified atom stereocenters. The van der Waals surface area contributed by atoms with Crippen molar-refractivity contribution >= 4 is 26.5 Å². The lowest BCUT2D eigenvalue weighted by Gasteiger charge is -2.43. The first kappa shape index (κ1) is 37.9. The Kier molecular flexibility index (Phi) is 12.0. The Hall–Kier alpha value is -1.26. The Bertz CT molecular complexity index is 1180. The van der Waals surface area contributed by atoms with E-state index < -0.39 is 26.5 Å². The van der Waals surface area contributed by atoms with Crippen LogP contribution in [0.2, 0.25) is 36.3 Å². The summed E-state index contributed by atoms with van der Waals surface area (Å²) in [7, 11) is -6.98. The zero-order chi connectivity index (χ0) is 33.1. The molecule has 0 saturated heterocycles. The van der Waals surface area contributed by atoms with Gasteiger partial charge < -0.3 is 8.85 Å². The predicted molar refractivity (Wildman–Crippen MR) is 191 cm³/mol. The molecule has 7 heteroatoms. The first-order valence-electron chi connectivity index (χ1n) is 16.0. The smallest absolute Gasteiger partial charge is 0.192 e. The van der Waals surface area contributed by atoms with Crippen LogP contribution in [-0.4, -0.2) is 36.3 Å².